The molecule has 1 aromatic carbocycles. The van der Waals surface area contributed by atoms with E-state index in [0.29, 0.717) is 16.4 Å². The zero-order chi connectivity index (χ0) is 15.6. The highest BCUT2D eigenvalue weighted by Gasteiger charge is 2.21. The van der Waals surface area contributed by atoms with Gasteiger partial charge in [-0.3, -0.25) is 4.79 Å². The van der Waals surface area contributed by atoms with E-state index in [1.807, 2.05) is 0 Å². The van der Waals surface area contributed by atoms with E-state index in [0.717, 1.165) is 4.90 Å². The van der Waals surface area contributed by atoms with Crippen molar-refractivity contribution in [3.8, 4) is 0 Å². The minimum atomic E-state index is -2.60. The van der Waals surface area contributed by atoms with Crippen molar-refractivity contribution in [2.45, 2.75) is 19.8 Å². The van der Waals surface area contributed by atoms with Crippen molar-refractivity contribution in [1.82, 2.24) is 9.88 Å². The number of rotatable bonds is 5. The molecule has 0 saturated heterocycles. The number of benzene rings is 1. The summed E-state index contributed by atoms with van der Waals surface area (Å²) in [6, 6.07) is 4.27. The van der Waals surface area contributed by atoms with Crippen LogP contribution in [0.5, 0.6) is 0 Å². The van der Waals surface area contributed by atoms with Gasteiger partial charge in [0.1, 0.15) is 11.5 Å². The molecule has 0 aliphatic heterocycles. The minimum Gasteiger partial charge on any atom is -0.350 e. The van der Waals surface area contributed by atoms with E-state index in [1.54, 1.807) is 13.0 Å². The second-order valence-electron chi connectivity index (χ2n) is 4.67. The average molecular weight is 363 g/mol. The number of fused-ring (bicyclic) bond motifs is 1. The van der Waals surface area contributed by atoms with Crippen molar-refractivity contribution in [2.75, 3.05) is 13.1 Å². The van der Waals surface area contributed by atoms with E-state index in [-0.39, 0.29) is 17.6 Å². The SMILES string of the molecule is CCCN(CC(F)F)C(=O)c1cc2c(F)cc(Br)cc2[nH]1. The smallest absolute Gasteiger partial charge is 0.270 e. The lowest BCUT2D eigenvalue weighted by Gasteiger charge is -2.20. The standard InChI is InChI=1S/C14H14BrF3N2O/c1-2-3-20(7-13(17)18)14(21)12-6-9-10(16)4-8(15)5-11(9)19-12/h4-6,13,19H,2-3,7H2,1H3. The first-order valence-electron chi connectivity index (χ1n) is 6.47. The molecule has 114 valence electrons. The molecule has 1 aromatic heterocycles. The van der Waals surface area contributed by atoms with Crippen LogP contribution in [0.3, 0.4) is 0 Å². The summed E-state index contributed by atoms with van der Waals surface area (Å²) in [5.74, 6) is -1.03. The maximum atomic E-state index is 13.8. The summed E-state index contributed by atoms with van der Waals surface area (Å²) in [5, 5.41) is 0.259. The van der Waals surface area contributed by atoms with Crippen molar-refractivity contribution in [1.29, 1.82) is 0 Å². The quantitative estimate of drug-likeness (QED) is 0.850. The molecule has 2 rings (SSSR count). The molecule has 0 radical (unpaired) electrons. The van der Waals surface area contributed by atoms with Crippen molar-refractivity contribution < 1.29 is 18.0 Å². The zero-order valence-corrected chi connectivity index (χ0v) is 12.9. The van der Waals surface area contributed by atoms with E-state index in [2.05, 4.69) is 20.9 Å². The number of nitrogens with zero attached hydrogens (tertiary/aromatic N) is 1. The molecule has 0 spiro atoms. The van der Waals surface area contributed by atoms with Gasteiger partial charge in [-0.1, -0.05) is 22.9 Å². The molecule has 21 heavy (non-hydrogen) atoms. The molecule has 3 nitrogen and oxygen atoms in total. The summed E-state index contributed by atoms with van der Waals surface area (Å²) < 4.78 is 39.4. The number of carbonyl (C=O) groups excluding carboxylic acids is 1. The summed E-state index contributed by atoms with van der Waals surface area (Å²) in [6.07, 6.45) is -2.03. The van der Waals surface area contributed by atoms with Crippen LogP contribution in [-0.2, 0) is 0 Å². The van der Waals surface area contributed by atoms with Crippen LogP contribution in [0.1, 0.15) is 23.8 Å². The first-order valence-corrected chi connectivity index (χ1v) is 7.26. The van der Waals surface area contributed by atoms with Gasteiger partial charge in [0.15, 0.2) is 0 Å². The molecule has 0 bridgehead atoms. The first-order chi connectivity index (χ1) is 9.92. The Bertz CT molecular complexity index is 657. The Labute approximate surface area is 128 Å². The van der Waals surface area contributed by atoms with Gasteiger partial charge in [-0.2, -0.15) is 0 Å². The zero-order valence-electron chi connectivity index (χ0n) is 11.3. The van der Waals surface area contributed by atoms with Gasteiger partial charge < -0.3 is 9.88 Å². The molecule has 1 heterocycles. The molecule has 0 atom stereocenters. The average Bonchev–Trinajstić information content (AvgIpc) is 2.81. The summed E-state index contributed by atoms with van der Waals surface area (Å²) >= 11 is 3.16. The molecular formula is C14H14BrF3N2O. The van der Waals surface area contributed by atoms with Gasteiger partial charge in [0.05, 0.1) is 12.1 Å². The fraction of sp³-hybridized carbons (Fsp3) is 0.357. The van der Waals surface area contributed by atoms with E-state index in [9.17, 15) is 18.0 Å². The highest BCUT2D eigenvalue weighted by atomic mass is 79.9. The lowest BCUT2D eigenvalue weighted by atomic mass is 10.2. The molecule has 0 unspecified atom stereocenters. The van der Waals surface area contributed by atoms with Crippen LogP contribution in [-0.4, -0.2) is 35.3 Å². The number of aromatic nitrogens is 1. The van der Waals surface area contributed by atoms with Gasteiger partial charge in [-0.15, -0.1) is 0 Å². The fourth-order valence-electron chi connectivity index (χ4n) is 2.16. The Morgan fingerprint density at radius 1 is 1.38 bits per heavy atom. The van der Waals surface area contributed by atoms with Gasteiger partial charge in [-0.25, -0.2) is 13.2 Å². The first kappa shape index (κ1) is 15.9. The van der Waals surface area contributed by atoms with Crippen LogP contribution in [0, 0.1) is 5.82 Å². The van der Waals surface area contributed by atoms with Crippen LogP contribution in [0.25, 0.3) is 10.9 Å². The number of nitrogens with one attached hydrogen (secondary N) is 1. The summed E-state index contributed by atoms with van der Waals surface area (Å²) in [4.78, 5) is 16.1. The molecular weight excluding hydrogens is 349 g/mol. The topological polar surface area (TPSA) is 36.1 Å². The van der Waals surface area contributed by atoms with Gasteiger partial charge >= 0.3 is 0 Å². The molecule has 0 aliphatic carbocycles. The maximum Gasteiger partial charge on any atom is 0.270 e. The van der Waals surface area contributed by atoms with Crippen molar-refractivity contribution in [3.05, 3.63) is 34.2 Å². The molecule has 1 amide bonds. The van der Waals surface area contributed by atoms with E-state index in [1.165, 1.54) is 12.1 Å². The van der Waals surface area contributed by atoms with E-state index in [4.69, 9.17) is 0 Å². The maximum absolute atomic E-state index is 13.8. The van der Waals surface area contributed by atoms with Crippen molar-refractivity contribution in [3.63, 3.8) is 0 Å². The number of halogens is 4. The van der Waals surface area contributed by atoms with Crippen LogP contribution in [0.15, 0.2) is 22.7 Å². The Kier molecular flexibility index (Phi) is 4.92. The van der Waals surface area contributed by atoms with Crippen LogP contribution in [0.4, 0.5) is 13.2 Å². The molecule has 0 fully saturated rings. The molecule has 0 aliphatic rings. The van der Waals surface area contributed by atoms with Gasteiger partial charge in [0.2, 0.25) is 0 Å². The van der Waals surface area contributed by atoms with E-state index >= 15 is 0 Å². The molecule has 2 aromatic rings. The summed E-state index contributed by atoms with van der Waals surface area (Å²) in [6.45, 7) is 1.40. The number of H-pyrrole nitrogens is 1. The van der Waals surface area contributed by atoms with Crippen LogP contribution in [0.2, 0.25) is 0 Å². The van der Waals surface area contributed by atoms with Crippen molar-refractivity contribution >= 4 is 32.7 Å². The minimum absolute atomic E-state index is 0.108. The van der Waals surface area contributed by atoms with Crippen LogP contribution < -0.4 is 0 Å². The third-order valence-corrected chi connectivity index (χ3v) is 3.48. The lowest BCUT2D eigenvalue weighted by molar-refractivity contribution is 0.0551. The van der Waals surface area contributed by atoms with Crippen LogP contribution >= 0.6 is 15.9 Å². The number of hydrogen-bond acceptors (Lipinski definition) is 1. The largest absolute Gasteiger partial charge is 0.350 e. The number of amides is 1. The monoisotopic (exact) mass is 362 g/mol. The summed E-state index contributed by atoms with van der Waals surface area (Å²) in [7, 11) is 0. The number of hydrogen-bond donors (Lipinski definition) is 1. The third kappa shape index (κ3) is 3.58. The Hall–Kier alpha value is -1.50. The fourth-order valence-corrected chi connectivity index (χ4v) is 2.59. The number of aromatic amines is 1. The second-order valence-corrected chi connectivity index (χ2v) is 5.59. The number of alkyl halides is 2. The highest BCUT2D eigenvalue weighted by Crippen LogP contribution is 2.24. The third-order valence-electron chi connectivity index (χ3n) is 3.02. The van der Waals surface area contributed by atoms with Gasteiger partial charge in [0, 0.05) is 16.4 Å². The van der Waals surface area contributed by atoms with Crippen molar-refractivity contribution in [2.24, 2.45) is 0 Å². The predicted octanol–water partition coefficient (Wildman–Crippen LogP) is 4.19. The van der Waals surface area contributed by atoms with Gasteiger partial charge in [0.25, 0.3) is 12.3 Å². The molecule has 0 saturated carbocycles. The van der Waals surface area contributed by atoms with Gasteiger partial charge in [-0.05, 0) is 24.6 Å². The highest BCUT2D eigenvalue weighted by molar-refractivity contribution is 9.10. The Balaban J connectivity index is 2.35. The Morgan fingerprint density at radius 3 is 2.71 bits per heavy atom. The molecule has 1 N–H and O–H groups in total. The Morgan fingerprint density at radius 2 is 2.10 bits per heavy atom. The summed E-state index contributed by atoms with van der Waals surface area (Å²) in [5.41, 5.74) is 0.551. The van der Waals surface area contributed by atoms with E-state index < -0.39 is 24.7 Å². The molecule has 7 heteroatoms. The predicted molar refractivity (Wildman–Crippen MR) is 78.2 cm³/mol. The lowest BCUT2D eigenvalue weighted by Crippen LogP contribution is -2.35. The second kappa shape index (κ2) is 6.51. The normalized spacial score (nSPS) is 11.3. The number of carbonyl (C=O) groups is 1.